The van der Waals surface area contributed by atoms with Crippen LogP contribution in [0.25, 0.3) is 0 Å². The molecular formula is C20H33N3O8. The molecule has 1 atom stereocenters. The van der Waals surface area contributed by atoms with Gasteiger partial charge in [-0.15, -0.1) is 0 Å². The zero-order valence-corrected chi connectivity index (χ0v) is 19.0. The first-order valence-electron chi connectivity index (χ1n) is 10.2. The van der Waals surface area contributed by atoms with Crippen LogP contribution >= 0.6 is 0 Å². The van der Waals surface area contributed by atoms with Gasteiger partial charge in [0.05, 0.1) is 6.54 Å². The van der Waals surface area contributed by atoms with E-state index in [0.29, 0.717) is 24.4 Å². The summed E-state index contributed by atoms with van der Waals surface area (Å²) in [5.74, 6) is -2.42. The zero-order valence-electron chi connectivity index (χ0n) is 19.0. The largest absolute Gasteiger partial charge is 0.444 e. The molecule has 0 saturated carbocycles. The second kappa shape index (κ2) is 11.0. The van der Waals surface area contributed by atoms with Crippen molar-refractivity contribution in [3.63, 3.8) is 0 Å². The molecule has 11 nitrogen and oxygen atoms in total. The molecular weight excluding hydrogens is 410 g/mol. The third-order valence-electron chi connectivity index (χ3n) is 3.77. The lowest BCUT2D eigenvalue weighted by molar-refractivity contribution is -0.194. The maximum atomic E-state index is 12.5. The number of nitrogens with one attached hydrogen (secondary N) is 2. The van der Waals surface area contributed by atoms with Crippen molar-refractivity contribution >= 4 is 29.8 Å². The third-order valence-corrected chi connectivity index (χ3v) is 3.77. The van der Waals surface area contributed by atoms with E-state index < -0.39 is 47.1 Å². The molecule has 1 fully saturated rings. The van der Waals surface area contributed by atoms with Gasteiger partial charge in [-0.2, -0.15) is 5.06 Å². The summed E-state index contributed by atoms with van der Waals surface area (Å²) >= 11 is 0. The quantitative estimate of drug-likeness (QED) is 0.428. The van der Waals surface area contributed by atoms with E-state index in [2.05, 4.69) is 10.6 Å². The van der Waals surface area contributed by atoms with Crippen LogP contribution in [0.2, 0.25) is 0 Å². The van der Waals surface area contributed by atoms with Gasteiger partial charge in [-0.25, -0.2) is 14.4 Å². The SMILES string of the molecule is CC(C)(C)OC(=O)NCCCCC(NC(=O)OC(C)(C)C)C(=O)ON1CCC(=O)C1=O. The van der Waals surface area contributed by atoms with Crippen molar-refractivity contribution in [2.75, 3.05) is 13.1 Å². The Hall–Kier alpha value is -2.85. The summed E-state index contributed by atoms with van der Waals surface area (Å²) in [6, 6.07) is -1.10. The van der Waals surface area contributed by atoms with E-state index in [1.807, 2.05) is 0 Å². The number of rotatable bonds is 8. The van der Waals surface area contributed by atoms with Gasteiger partial charge in [-0.1, -0.05) is 0 Å². The second-order valence-corrected chi connectivity index (χ2v) is 9.11. The number of carbonyl (C=O) groups is 5. The van der Waals surface area contributed by atoms with Gasteiger partial charge in [0.25, 0.3) is 0 Å². The molecule has 3 amide bonds. The monoisotopic (exact) mass is 443 g/mol. The molecule has 1 heterocycles. The summed E-state index contributed by atoms with van der Waals surface area (Å²) in [6.45, 7) is 10.6. The van der Waals surface area contributed by atoms with Gasteiger partial charge < -0.3 is 24.9 Å². The van der Waals surface area contributed by atoms with Crippen LogP contribution in [0.4, 0.5) is 9.59 Å². The molecule has 0 spiro atoms. The average Bonchev–Trinajstić information content (AvgIpc) is 2.89. The van der Waals surface area contributed by atoms with Crippen molar-refractivity contribution in [3.8, 4) is 0 Å². The highest BCUT2D eigenvalue weighted by Crippen LogP contribution is 2.12. The molecule has 176 valence electrons. The number of nitrogens with zero attached hydrogens (tertiary/aromatic N) is 1. The van der Waals surface area contributed by atoms with Gasteiger partial charge in [0, 0.05) is 13.0 Å². The maximum absolute atomic E-state index is 12.5. The predicted octanol–water partition coefficient (Wildman–Crippen LogP) is 1.83. The Bertz CT molecular complexity index is 694. The molecule has 0 radical (unpaired) electrons. The molecule has 1 unspecified atom stereocenters. The van der Waals surface area contributed by atoms with Gasteiger partial charge in [-0.3, -0.25) is 9.59 Å². The Labute approximate surface area is 182 Å². The van der Waals surface area contributed by atoms with Crippen molar-refractivity contribution in [1.82, 2.24) is 15.7 Å². The highest BCUT2D eigenvalue weighted by molar-refractivity contribution is 6.37. The van der Waals surface area contributed by atoms with Crippen molar-refractivity contribution < 1.29 is 38.3 Å². The first-order chi connectivity index (χ1) is 14.2. The van der Waals surface area contributed by atoms with E-state index in [-0.39, 0.29) is 19.4 Å². The highest BCUT2D eigenvalue weighted by atomic mass is 16.7. The van der Waals surface area contributed by atoms with Crippen LogP contribution in [-0.4, -0.2) is 65.2 Å². The van der Waals surface area contributed by atoms with E-state index in [1.165, 1.54) is 0 Å². The lowest BCUT2D eigenvalue weighted by Gasteiger charge is -2.24. The second-order valence-electron chi connectivity index (χ2n) is 9.11. The van der Waals surface area contributed by atoms with Crippen LogP contribution in [0.3, 0.4) is 0 Å². The van der Waals surface area contributed by atoms with Gasteiger partial charge in [0.1, 0.15) is 17.2 Å². The fourth-order valence-corrected chi connectivity index (χ4v) is 2.49. The summed E-state index contributed by atoms with van der Waals surface area (Å²) in [4.78, 5) is 64.2. The van der Waals surface area contributed by atoms with Crippen molar-refractivity contribution in [2.45, 2.75) is 84.5 Å². The Morgan fingerprint density at radius 3 is 2.06 bits per heavy atom. The number of unbranched alkanes of at least 4 members (excludes halogenated alkanes) is 1. The van der Waals surface area contributed by atoms with Gasteiger partial charge >= 0.3 is 24.1 Å². The normalized spacial score (nSPS) is 15.4. The number of hydrogen-bond acceptors (Lipinski definition) is 8. The van der Waals surface area contributed by atoms with Gasteiger partial charge in [-0.05, 0) is 60.8 Å². The zero-order chi connectivity index (χ0) is 23.8. The predicted molar refractivity (Wildman–Crippen MR) is 109 cm³/mol. The highest BCUT2D eigenvalue weighted by Gasteiger charge is 2.35. The van der Waals surface area contributed by atoms with E-state index in [0.717, 1.165) is 0 Å². The molecule has 1 aliphatic rings. The van der Waals surface area contributed by atoms with Gasteiger partial charge in [0.2, 0.25) is 5.78 Å². The number of ether oxygens (including phenoxy) is 2. The number of hydroxylamine groups is 2. The van der Waals surface area contributed by atoms with Crippen molar-refractivity contribution in [2.24, 2.45) is 0 Å². The van der Waals surface area contributed by atoms with E-state index in [9.17, 15) is 24.0 Å². The van der Waals surface area contributed by atoms with E-state index in [1.54, 1.807) is 41.5 Å². The number of hydrogen-bond donors (Lipinski definition) is 2. The molecule has 1 rings (SSSR count). The molecule has 0 aliphatic carbocycles. The standard InChI is InChI=1S/C20H33N3O8/c1-19(2,3)29-17(27)21-11-8-7-9-13(22-18(28)30-20(4,5)6)16(26)31-23-12-10-14(24)15(23)25/h13H,7-12H2,1-6H3,(H,21,27)(H,22,28). The fourth-order valence-electron chi connectivity index (χ4n) is 2.49. The van der Waals surface area contributed by atoms with Crippen LogP contribution in [0.5, 0.6) is 0 Å². The summed E-state index contributed by atoms with van der Waals surface area (Å²) in [6.07, 6.45) is -0.285. The molecule has 2 N–H and O–H groups in total. The number of carbonyl (C=O) groups excluding carboxylic acids is 5. The van der Waals surface area contributed by atoms with Crippen LogP contribution in [-0.2, 0) is 28.7 Å². The average molecular weight is 443 g/mol. The number of ketones is 1. The first kappa shape index (κ1) is 26.2. The van der Waals surface area contributed by atoms with Crippen LogP contribution in [0.15, 0.2) is 0 Å². The summed E-state index contributed by atoms with van der Waals surface area (Å²) < 4.78 is 10.3. The molecule has 1 aliphatic heterocycles. The lowest BCUT2D eigenvalue weighted by atomic mass is 10.1. The van der Waals surface area contributed by atoms with E-state index in [4.69, 9.17) is 14.3 Å². The molecule has 0 bridgehead atoms. The Balaban J connectivity index is 2.58. The molecule has 1 saturated heterocycles. The topological polar surface area (TPSA) is 140 Å². The molecule has 0 aromatic heterocycles. The summed E-state index contributed by atoms with van der Waals surface area (Å²) in [7, 11) is 0. The van der Waals surface area contributed by atoms with Crippen LogP contribution in [0, 0.1) is 0 Å². The van der Waals surface area contributed by atoms with Crippen molar-refractivity contribution in [3.05, 3.63) is 0 Å². The van der Waals surface area contributed by atoms with Gasteiger partial charge in [0.15, 0.2) is 0 Å². The minimum Gasteiger partial charge on any atom is -0.444 e. The summed E-state index contributed by atoms with van der Waals surface area (Å²) in [5.41, 5.74) is -1.38. The molecule has 0 aromatic rings. The van der Waals surface area contributed by atoms with Crippen LogP contribution < -0.4 is 10.6 Å². The Morgan fingerprint density at radius 2 is 1.55 bits per heavy atom. The van der Waals surface area contributed by atoms with E-state index >= 15 is 0 Å². The minimum atomic E-state index is -1.10. The first-order valence-corrected chi connectivity index (χ1v) is 10.2. The molecule has 0 aromatic carbocycles. The number of alkyl carbamates (subject to hydrolysis) is 2. The number of Topliss-reactive ketones (excluding diaryl/α,β-unsaturated/α-hetero) is 1. The summed E-state index contributed by atoms with van der Waals surface area (Å²) in [5, 5.41) is 5.73. The molecule has 11 heteroatoms. The lowest BCUT2D eigenvalue weighted by Crippen LogP contribution is -2.46. The number of amides is 3. The smallest absolute Gasteiger partial charge is 0.408 e. The van der Waals surface area contributed by atoms with Crippen molar-refractivity contribution in [1.29, 1.82) is 0 Å². The Kier molecular flexibility index (Phi) is 9.26. The fraction of sp³-hybridized carbons (Fsp3) is 0.750. The van der Waals surface area contributed by atoms with Crippen LogP contribution in [0.1, 0.15) is 67.2 Å². The minimum absolute atomic E-state index is 0.0254. The third kappa shape index (κ3) is 10.7. The Morgan fingerprint density at radius 1 is 0.968 bits per heavy atom. The maximum Gasteiger partial charge on any atom is 0.408 e. The molecule has 31 heavy (non-hydrogen) atoms.